The van der Waals surface area contributed by atoms with Gasteiger partial charge in [0.15, 0.2) is 0 Å². The topological polar surface area (TPSA) is 61.3 Å². The van der Waals surface area contributed by atoms with E-state index in [1.54, 1.807) is 12.1 Å². The zero-order valence-corrected chi connectivity index (χ0v) is 13.0. The van der Waals surface area contributed by atoms with Crippen molar-refractivity contribution in [3.8, 4) is 0 Å². The Morgan fingerprint density at radius 3 is 2.65 bits per heavy atom. The number of anilines is 1. The third-order valence-corrected chi connectivity index (χ3v) is 3.98. The standard InChI is InChI=1S/C17H21FN4O/c18-15-5-3-4-14(8-15)16(23)12-19-9-13-10-20-17(21-11-13)22-6-1-2-7-22/h3-5,8,10-11,16,19,23H,1-2,6-7,9,12H2/t16-/m0/s1. The summed E-state index contributed by atoms with van der Waals surface area (Å²) >= 11 is 0. The molecule has 0 bridgehead atoms. The Bertz CT molecular complexity index is 629. The minimum Gasteiger partial charge on any atom is -0.387 e. The van der Waals surface area contributed by atoms with Gasteiger partial charge in [-0.2, -0.15) is 0 Å². The van der Waals surface area contributed by atoms with Crippen LogP contribution in [-0.2, 0) is 6.54 Å². The van der Waals surface area contributed by atoms with Gasteiger partial charge in [-0.25, -0.2) is 14.4 Å². The molecule has 3 rings (SSSR count). The minimum atomic E-state index is -0.740. The van der Waals surface area contributed by atoms with Crippen molar-refractivity contribution in [2.75, 3.05) is 24.5 Å². The maximum absolute atomic E-state index is 13.1. The largest absolute Gasteiger partial charge is 0.387 e. The van der Waals surface area contributed by atoms with E-state index in [1.807, 2.05) is 12.4 Å². The number of aliphatic hydroxyl groups is 1. The van der Waals surface area contributed by atoms with Crippen molar-refractivity contribution in [2.45, 2.75) is 25.5 Å². The van der Waals surface area contributed by atoms with Gasteiger partial charge < -0.3 is 15.3 Å². The predicted octanol–water partition coefficient (Wildman–Crippen LogP) is 2.04. The normalized spacial score (nSPS) is 15.8. The summed E-state index contributed by atoms with van der Waals surface area (Å²) < 4.78 is 13.1. The van der Waals surface area contributed by atoms with Crippen LogP contribution in [0.1, 0.15) is 30.1 Å². The van der Waals surface area contributed by atoms with Gasteiger partial charge in [0, 0.05) is 44.1 Å². The van der Waals surface area contributed by atoms with Crippen LogP contribution in [0, 0.1) is 5.82 Å². The van der Waals surface area contributed by atoms with Crippen molar-refractivity contribution in [3.63, 3.8) is 0 Å². The van der Waals surface area contributed by atoms with Crippen molar-refractivity contribution >= 4 is 5.95 Å². The van der Waals surface area contributed by atoms with Crippen LogP contribution in [0.5, 0.6) is 0 Å². The molecule has 1 aromatic heterocycles. The number of aromatic nitrogens is 2. The number of hydrogen-bond donors (Lipinski definition) is 2. The molecule has 122 valence electrons. The molecule has 23 heavy (non-hydrogen) atoms. The average Bonchev–Trinajstić information content (AvgIpc) is 3.10. The number of nitrogens with one attached hydrogen (secondary N) is 1. The fourth-order valence-electron chi connectivity index (χ4n) is 2.70. The highest BCUT2D eigenvalue weighted by Gasteiger charge is 2.14. The summed E-state index contributed by atoms with van der Waals surface area (Å²) in [6.45, 7) is 2.96. The van der Waals surface area contributed by atoms with Gasteiger partial charge in [-0.15, -0.1) is 0 Å². The van der Waals surface area contributed by atoms with Crippen LogP contribution in [0.3, 0.4) is 0 Å². The van der Waals surface area contributed by atoms with Crippen LogP contribution in [0.15, 0.2) is 36.7 Å². The molecule has 0 aliphatic carbocycles. The first-order valence-electron chi connectivity index (χ1n) is 7.92. The Kier molecular flexibility index (Phi) is 5.15. The zero-order chi connectivity index (χ0) is 16.1. The molecule has 2 heterocycles. The van der Waals surface area contributed by atoms with Gasteiger partial charge in [-0.1, -0.05) is 12.1 Å². The van der Waals surface area contributed by atoms with E-state index in [9.17, 15) is 9.50 Å². The summed E-state index contributed by atoms with van der Waals surface area (Å²) in [4.78, 5) is 11.0. The first-order chi connectivity index (χ1) is 11.2. The first kappa shape index (κ1) is 15.8. The fourth-order valence-corrected chi connectivity index (χ4v) is 2.70. The Hall–Kier alpha value is -2.05. The molecule has 0 unspecified atom stereocenters. The second-order valence-corrected chi connectivity index (χ2v) is 5.79. The lowest BCUT2D eigenvalue weighted by molar-refractivity contribution is 0.174. The molecule has 1 aromatic carbocycles. The summed E-state index contributed by atoms with van der Waals surface area (Å²) in [6.07, 6.45) is 5.27. The smallest absolute Gasteiger partial charge is 0.225 e. The maximum Gasteiger partial charge on any atom is 0.225 e. The molecule has 0 spiro atoms. The van der Waals surface area contributed by atoms with Crippen LogP contribution in [0.2, 0.25) is 0 Å². The van der Waals surface area contributed by atoms with Crippen molar-refractivity contribution < 1.29 is 9.50 Å². The van der Waals surface area contributed by atoms with E-state index < -0.39 is 6.10 Å². The lowest BCUT2D eigenvalue weighted by Gasteiger charge is -2.15. The van der Waals surface area contributed by atoms with E-state index in [0.717, 1.165) is 24.6 Å². The predicted molar refractivity (Wildman–Crippen MR) is 86.5 cm³/mol. The van der Waals surface area contributed by atoms with Crippen molar-refractivity contribution in [1.29, 1.82) is 0 Å². The van der Waals surface area contributed by atoms with E-state index in [2.05, 4.69) is 20.2 Å². The van der Waals surface area contributed by atoms with Gasteiger partial charge >= 0.3 is 0 Å². The van der Waals surface area contributed by atoms with E-state index in [-0.39, 0.29) is 5.82 Å². The van der Waals surface area contributed by atoms with E-state index in [4.69, 9.17) is 0 Å². The van der Waals surface area contributed by atoms with E-state index in [0.29, 0.717) is 18.7 Å². The van der Waals surface area contributed by atoms with Gasteiger partial charge in [0.2, 0.25) is 5.95 Å². The Morgan fingerprint density at radius 2 is 1.96 bits per heavy atom. The molecule has 2 aromatic rings. The Balaban J connectivity index is 1.48. The molecule has 5 nitrogen and oxygen atoms in total. The molecule has 1 aliphatic rings. The first-order valence-corrected chi connectivity index (χ1v) is 7.92. The third kappa shape index (κ3) is 4.24. The molecule has 1 atom stereocenters. The van der Waals surface area contributed by atoms with Crippen LogP contribution in [0.25, 0.3) is 0 Å². The van der Waals surface area contributed by atoms with E-state index in [1.165, 1.54) is 25.0 Å². The maximum atomic E-state index is 13.1. The molecule has 1 aliphatic heterocycles. The summed E-state index contributed by atoms with van der Waals surface area (Å²) in [6, 6.07) is 6.02. The second kappa shape index (κ2) is 7.48. The summed E-state index contributed by atoms with van der Waals surface area (Å²) in [5.41, 5.74) is 1.53. The van der Waals surface area contributed by atoms with Crippen LogP contribution >= 0.6 is 0 Å². The minimum absolute atomic E-state index is 0.340. The molecular weight excluding hydrogens is 295 g/mol. The SMILES string of the molecule is O[C@@H](CNCc1cnc(N2CCCC2)nc1)c1cccc(F)c1. The highest BCUT2D eigenvalue weighted by atomic mass is 19.1. The lowest BCUT2D eigenvalue weighted by atomic mass is 10.1. The van der Waals surface area contributed by atoms with Crippen molar-refractivity contribution in [3.05, 3.63) is 53.6 Å². The number of halogens is 1. The third-order valence-electron chi connectivity index (χ3n) is 3.98. The number of nitrogens with zero attached hydrogens (tertiary/aromatic N) is 3. The van der Waals surface area contributed by atoms with Gasteiger partial charge in [-0.3, -0.25) is 0 Å². The highest BCUT2D eigenvalue weighted by molar-refractivity contribution is 5.31. The fraction of sp³-hybridized carbons (Fsp3) is 0.412. The quantitative estimate of drug-likeness (QED) is 0.854. The molecule has 0 amide bonds. The van der Waals surface area contributed by atoms with Crippen LogP contribution in [-0.4, -0.2) is 34.7 Å². The number of benzene rings is 1. The molecule has 2 N–H and O–H groups in total. The Morgan fingerprint density at radius 1 is 1.22 bits per heavy atom. The summed E-state index contributed by atoms with van der Waals surface area (Å²) in [5, 5.41) is 13.2. The zero-order valence-electron chi connectivity index (χ0n) is 13.0. The average molecular weight is 316 g/mol. The second-order valence-electron chi connectivity index (χ2n) is 5.79. The number of rotatable bonds is 6. The molecule has 1 fully saturated rings. The van der Waals surface area contributed by atoms with Gasteiger partial charge in [0.25, 0.3) is 0 Å². The molecule has 0 radical (unpaired) electrons. The van der Waals surface area contributed by atoms with Gasteiger partial charge in [0.1, 0.15) is 5.82 Å². The number of hydrogen-bond acceptors (Lipinski definition) is 5. The molecular formula is C17H21FN4O. The van der Waals surface area contributed by atoms with Crippen molar-refractivity contribution in [1.82, 2.24) is 15.3 Å². The Labute approximate surface area is 135 Å². The van der Waals surface area contributed by atoms with Crippen LogP contribution < -0.4 is 10.2 Å². The van der Waals surface area contributed by atoms with E-state index >= 15 is 0 Å². The van der Waals surface area contributed by atoms with Gasteiger partial charge in [-0.05, 0) is 30.5 Å². The number of aliphatic hydroxyl groups excluding tert-OH is 1. The summed E-state index contributed by atoms with van der Waals surface area (Å²) in [7, 11) is 0. The molecule has 1 saturated heterocycles. The molecule has 6 heteroatoms. The summed E-state index contributed by atoms with van der Waals surface area (Å²) in [5.74, 6) is 0.443. The van der Waals surface area contributed by atoms with Crippen molar-refractivity contribution in [2.24, 2.45) is 0 Å². The highest BCUT2D eigenvalue weighted by Crippen LogP contribution is 2.15. The molecule has 0 saturated carbocycles. The lowest BCUT2D eigenvalue weighted by Crippen LogP contribution is -2.22. The van der Waals surface area contributed by atoms with Crippen LogP contribution in [0.4, 0.5) is 10.3 Å². The van der Waals surface area contributed by atoms with Gasteiger partial charge in [0.05, 0.1) is 6.10 Å². The monoisotopic (exact) mass is 316 g/mol.